The van der Waals surface area contributed by atoms with Gasteiger partial charge in [-0.05, 0) is 87.8 Å². The van der Waals surface area contributed by atoms with Gasteiger partial charge in [0.2, 0.25) is 0 Å². The summed E-state index contributed by atoms with van der Waals surface area (Å²) >= 11 is 0. The second-order valence-electron chi connectivity index (χ2n) is 12.0. The average Bonchev–Trinajstić information content (AvgIpc) is 2.96. The third kappa shape index (κ3) is 9.55. The smallest absolute Gasteiger partial charge is 0.419 e. The van der Waals surface area contributed by atoms with Crippen molar-refractivity contribution in [1.82, 2.24) is 0 Å². The Bertz CT molecular complexity index is 1170. The summed E-state index contributed by atoms with van der Waals surface area (Å²) in [6.45, 7) is 2.21. The number of rotatable bonds is 13. The van der Waals surface area contributed by atoms with E-state index in [0.29, 0.717) is 37.8 Å². The number of hydrogen-bond acceptors (Lipinski definition) is 3. The molecule has 11 heteroatoms. The highest BCUT2D eigenvalue weighted by Gasteiger charge is 2.46. The first-order chi connectivity index (χ1) is 20.8. The highest BCUT2D eigenvalue weighted by atomic mass is 19.4. The van der Waals surface area contributed by atoms with Crippen molar-refractivity contribution in [2.45, 2.75) is 115 Å². The van der Waals surface area contributed by atoms with Crippen LogP contribution < -0.4 is 4.74 Å². The van der Waals surface area contributed by atoms with Gasteiger partial charge in [0.1, 0.15) is 11.6 Å². The van der Waals surface area contributed by atoms with Crippen LogP contribution in [0, 0.1) is 17.7 Å². The molecule has 0 unspecified atom stereocenters. The number of aryl methyl sites for hydroxylation is 1. The predicted molar refractivity (Wildman–Crippen MR) is 149 cm³/mol. The van der Waals surface area contributed by atoms with Crippen LogP contribution in [-0.4, -0.2) is 24.9 Å². The second-order valence-corrected chi connectivity index (χ2v) is 12.0. The maximum absolute atomic E-state index is 15.0. The van der Waals surface area contributed by atoms with Crippen LogP contribution in [0.3, 0.4) is 0 Å². The summed E-state index contributed by atoms with van der Waals surface area (Å²) in [5.41, 5.74) is -0.640. The summed E-state index contributed by atoms with van der Waals surface area (Å²) < 4.78 is 127. The molecule has 2 fully saturated rings. The van der Waals surface area contributed by atoms with Crippen LogP contribution in [0.4, 0.5) is 35.1 Å². The van der Waals surface area contributed by atoms with Gasteiger partial charge in [0.15, 0.2) is 0 Å². The van der Waals surface area contributed by atoms with Gasteiger partial charge in [-0.1, -0.05) is 44.0 Å². The van der Waals surface area contributed by atoms with E-state index < -0.39 is 47.9 Å². The molecule has 0 saturated heterocycles. The minimum absolute atomic E-state index is 0.00299. The normalized spacial score (nSPS) is 23.5. The Hall–Kier alpha value is -2.40. The summed E-state index contributed by atoms with van der Waals surface area (Å²) in [7, 11) is 0. The number of unbranched alkanes of at least 4 members (excludes halogenated alkanes) is 2. The lowest BCUT2D eigenvalue weighted by Crippen LogP contribution is -2.41. The molecule has 0 amide bonds. The van der Waals surface area contributed by atoms with Gasteiger partial charge >= 0.3 is 18.4 Å². The van der Waals surface area contributed by atoms with E-state index in [1.54, 1.807) is 12.1 Å². The van der Waals surface area contributed by atoms with Crippen molar-refractivity contribution in [2.75, 3.05) is 6.61 Å². The van der Waals surface area contributed by atoms with Gasteiger partial charge in [0.25, 0.3) is 0 Å². The maximum atomic E-state index is 15.0. The molecular formula is C33H40F8O3. The summed E-state index contributed by atoms with van der Waals surface area (Å²) in [6, 6.07) is 8.45. The monoisotopic (exact) mass is 636 g/mol. The Morgan fingerprint density at radius 1 is 0.727 bits per heavy atom. The Labute approximate surface area is 253 Å². The van der Waals surface area contributed by atoms with Crippen molar-refractivity contribution < 1.29 is 49.3 Å². The Morgan fingerprint density at radius 2 is 1.34 bits per heavy atom. The van der Waals surface area contributed by atoms with E-state index in [1.165, 1.54) is 12.1 Å². The Morgan fingerprint density at radius 3 is 1.93 bits per heavy atom. The van der Waals surface area contributed by atoms with Crippen LogP contribution >= 0.6 is 0 Å². The quantitative estimate of drug-likeness (QED) is 0.162. The number of alkyl halides is 7. The number of halogens is 8. The lowest BCUT2D eigenvalue weighted by Gasteiger charge is -2.37. The van der Waals surface area contributed by atoms with E-state index in [2.05, 4.69) is 6.92 Å². The lowest BCUT2D eigenvalue weighted by molar-refractivity contribution is -0.311. The van der Waals surface area contributed by atoms with Crippen LogP contribution in [0.2, 0.25) is 0 Å². The standard InChI is InChI=1S/C33H40F8O3/c1-2-3-4-5-22-6-10-24(11-7-22)32(38,39)44-27-16-12-25(13-17-27)33(40,41)43-26-14-8-23(9-15-26)21-42-28-18-19-29(30(34)20-28)31(35,36)37/h6-7,10-11,18-20,23,25-27H,2-5,8-9,12-17,21H2,1H3. The fraction of sp³-hybridized carbons (Fsp3) is 0.636. The molecule has 0 aromatic heterocycles. The molecule has 0 heterocycles. The molecule has 0 aliphatic heterocycles. The van der Waals surface area contributed by atoms with Gasteiger partial charge < -0.3 is 14.2 Å². The maximum Gasteiger partial charge on any atom is 0.419 e. The van der Waals surface area contributed by atoms with Gasteiger partial charge in [0, 0.05) is 6.07 Å². The molecule has 2 aliphatic carbocycles. The minimum atomic E-state index is -4.80. The van der Waals surface area contributed by atoms with E-state index in [1.807, 2.05) is 0 Å². The second kappa shape index (κ2) is 14.8. The van der Waals surface area contributed by atoms with Crippen LogP contribution in [0.5, 0.6) is 5.75 Å². The highest BCUT2D eigenvalue weighted by molar-refractivity contribution is 5.30. The molecule has 2 aromatic carbocycles. The molecule has 2 aliphatic rings. The summed E-state index contributed by atoms with van der Waals surface area (Å²) in [4.78, 5) is 0. The zero-order valence-electron chi connectivity index (χ0n) is 24.8. The van der Waals surface area contributed by atoms with E-state index in [4.69, 9.17) is 14.2 Å². The molecule has 0 atom stereocenters. The van der Waals surface area contributed by atoms with E-state index in [0.717, 1.165) is 37.3 Å². The van der Waals surface area contributed by atoms with Gasteiger partial charge in [0.05, 0.1) is 35.9 Å². The number of benzene rings is 2. The van der Waals surface area contributed by atoms with Gasteiger partial charge in [-0.15, -0.1) is 0 Å². The molecule has 0 radical (unpaired) electrons. The minimum Gasteiger partial charge on any atom is -0.493 e. The van der Waals surface area contributed by atoms with Crippen LogP contribution in [0.15, 0.2) is 42.5 Å². The first kappa shape index (κ1) is 34.5. The summed E-state index contributed by atoms with van der Waals surface area (Å²) in [5, 5.41) is 0. The molecule has 4 rings (SSSR count). The summed E-state index contributed by atoms with van der Waals surface area (Å²) in [6.07, 6.45) is -7.46. The van der Waals surface area contributed by atoms with Crippen molar-refractivity contribution in [3.63, 3.8) is 0 Å². The lowest BCUT2D eigenvalue weighted by atomic mass is 9.85. The molecule has 44 heavy (non-hydrogen) atoms. The number of hydrogen-bond donors (Lipinski definition) is 0. The molecule has 2 aromatic rings. The van der Waals surface area contributed by atoms with Crippen molar-refractivity contribution in [3.8, 4) is 5.75 Å². The molecule has 0 spiro atoms. The Kier molecular flexibility index (Phi) is 11.6. The number of ether oxygens (including phenoxy) is 3. The molecule has 0 bridgehead atoms. The van der Waals surface area contributed by atoms with Gasteiger partial charge in [-0.25, -0.2) is 4.39 Å². The largest absolute Gasteiger partial charge is 0.493 e. The molecule has 2 saturated carbocycles. The first-order valence-corrected chi connectivity index (χ1v) is 15.5. The van der Waals surface area contributed by atoms with Gasteiger partial charge in [-0.2, -0.15) is 30.7 Å². The fourth-order valence-electron chi connectivity index (χ4n) is 6.00. The van der Waals surface area contributed by atoms with E-state index in [-0.39, 0.29) is 49.5 Å². The molecule has 3 nitrogen and oxygen atoms in total. The predicted octanol–water partition coefficient (Wildman–Crippen LogP) is 10.4. The van der Waals surface area contributed by atoms with Crippen LogP contribution in [0.25, 0.3) is 0 Å². The zero-order chi connectivity index (χ0) is 32.0. The summed E-state index contributed by atoms with van der Waals surface area (Å²) in [5.74, 6) is -2.60. The van der Waals surface area contributed by atoms with Crippen molar-refractivity contribution in [1.29, 1.82) is 0 Å². The highest BCUT2D eigenvalue weighted by Crippen LogP contribution is 2.43. The molecular weight excluding hydrogens is 596 g/mol. The molecule has 246 valence electrons. The fourth-order valence-corrected chi connectivity index (χ4v) is 6.00. The first-order valence-electron chi connectivity index (χ1n) is 15.5. The van der Waals surface area contributed by atoms with Crippen LogP contribution in [0.1, 0.15) is 94.2 Å². The Balaban J connectivity index is 1.18. The van der Waals surface area contributed by atoms with Gasteiger partial charge in [-0.3, -0.25) is 0 Å². The zero-order valence-corrected chi connectivity index (χ0v) is 24.8. The SMILES string of the molecule is CCCCCc1ccc(C(F)(F)OC2CCC(C(F)(F)OC3CCC(COc4ccc(C(F)(F)F)c(F)c4)CC3)CC2)cc1. The van der Waals surface area contributed by atoms with E-state index in [9.17, 15) is 26.3 Å². The van der Waals surface area contributed by atoms with Crippen LogP contribution in [-0.2, 0) is 28.2 Å². The van der Waals surface area contributed by atoms with Crippen molar-refractivity contribution in [2.24, 2.45) is 11.8 Å². The average molecular weight is 637 g/mol. The van der Waals surface area contributed by atoms with Crippen molar-refractivity contribution >= 4 is 0 Å². The topological polar surface area (TPSA) is 27.7 Å². The third-order valence-electron chi connectivity index (χ3n) is 8.67. The van der Waals surface area contributed by atoms with E-state index >= 15 is 8.78 Å². The third-order valence-corrected chi connectivity index (χ3v) is 8.67. The molecule has 0 N–H and O–H groups in total. The van der Waals surface area contributed by atoms with Crippen molar-refractivity contribution in [3.05, 3.63) is 65.0 Å².